The summed E-state index contributed by atoms with van der Waals surface area (Å²) in [7, 11) is 1.44. The van der Waals surface area contributed by atoms with Crippen molar-refractivity contribution in [3.05, 3.63) is 74.9 Å². The van der Waals surface area contributed by atoms with Crippen LogP contribution in [0, 0.1) is 11.3 Å². The van der Waals surface area contributed by atoms with Gasteiger partial charge in [0.05, 0.1) is 35.5 Å². The van der Waals surface area contributed by atoms with Gasteiger partial charge in [-0.25, -0.2) is 0 Å². The zero-order valence-corrected chi connectivity index (χ0v) is 19.9. The minimum atomic E-state index is -0.609. The second kappa shape index (κ2) is 10.2. The number of hydrogen-bond acceptors (Lipinski definition) is 7. The molecule has 2 aliphatic rings. The highest BCUT2D eigenvalue weighted by Gasteiger charge is 2.37. The number of thioether (sulfide) groups is 1. The Morgan fingerprint density at radius 1 is 1.32 bits per heavy atom. The lowest BCUT2D eigenvalue weighted by Gasteiger charge is -2.33. The molecular weight excluding hydrogens is 474 g/mol. The lowest BCUT2D eigenvalue weighted by atomic mass is 9.77. The first-order chi connectivity index (χ1) is 16.4. The van der Waals surface area contributed by atoms with E-state index in [2.05, 4.69) is 16.7 Å². The maximum atomic E-state index is 12.9. The first-order valence-corrected chi connectivity index (χ1v) is 12.0. The number of aromatic hydroxyl groups is 1. The van der Waals surface area contributed by atoms with Gasteiger partial charge in [-0.3, -0.25) is 9.59 Å². The molecule has 1 amide bonds. The molecule has 34 heavy (non-hydrogen) atoms. The molecule has 0 saturated carbocycles. The molecule has 9 heteroatoms. The standard InChI is InChI=1S/C25H22ClN3O4S/c1-33-21-10-14(8-9-19(21)30)23-17(12-27)25(29-18-6-3-7-20(31)24(18)23)34-13-22(32)28-16-5-2-4-15(26)11-16/h2,4-5,8-11,23,29-30H,3,6-7,13H2,1H3,(H,28,32)/t23-/m1/s1. The zero-order valence-electron chi connectivity index (χ0n) is 18.4. The van der Waals surface area contributed by atoms with Crippen molar-refractivity contribution in [3.8, 4) is 17.6 Å². The van der Waals surface area contributed by atoms with E-state index < -0.39 is 5.92 Å². The van der Waals surface area contributed by atoms with Crippen LogP contribution in [0.15, 0.2) is 64.3 Å². The Hall–Kier alpha value is -3.41. The van der Waals surface area contributed by atoms with Crippen LogP contribution in [-0.4, -0.2) is 29.7 Å². The first-order valence-electron chi connectivity index (χ1n) is 10.6. The van der Waals surface area contributed by atoms with Gasteiger partial charge in [-0.1, -0.05) is 35.5 Å². The van der Waals surface area contributed by atoms with E-state index in [-0.39, 0.29) is 28.9 Å². The maximum Gasteiger partial charge on any atom is 0.234 e. The molecular formula is C25H22ClN3O4S. The predicted molar refractivity (Wildman–Crippen MR) is 132 cm³/mol. The van der Waals surface area contributed by atoms with E-state index in [4.69, 9.17) is 16.3 Å². The highest BCUT2D eigenvalue weighted by molar-refractivity contribution is 8.03. The molecule has 0 unspecified atom stereocenters. The molecule has 7 nitrogen and oxygen atoms in total. The van der Waals surface area contributed by atoms with Crippen molar-refractivity contribution in [2.24, 2.45) is 0 Å². The van der Waals surface area contributed by atoms with Crippen molar-refractivity contribution >= 4 is 40.7 Å². The van der Waals surface area contributed by atoms with Gasteiger partial charge in [0.1, 0.15) is 0 Å². The molecule has 1 atom stereocenters. The number of allylic oxidation sites excluding steroid dienone is 3. The number of phenols is 1. The molecule has 174 valence electrons. The van der Waals surface area contributed by atoms with Gasteiger partial charge < -0.3 is 20.5 Å². The Kier molecular flexibility index (Phi) is 7.15. The maximum absolute atomic E-state index is 12.9. The van der Waals surface area contributed by atoms with Crippen LogP contribution in [0.4, 0.5) is 5.69 Å². The lowest BCUT2D eigenvalue weighted by molar-refractivity contribution is -0.116. The van der Waals surface area contributed by atoms with Crippen LogP contribution in [0.5, 0.6) is 11.5 Å². The topological polar surface area (TPSA) is 111 Å². The molecule has 1 aliphatic heterocycles. The number of halogens is 1. The van der Waals surface area contributed by atoms with Gasteiger partial charge in [-0.2, -0.15) is 5.26 Å². The van der Waals surface area contributed by atoms with Crippen molar-refractivity contribution in [1.82, 2.24) is 5.32 Å². The Balaban J connectivity index is 1.65. The molecule has 0 spiro atoms. The van der Waals surface area contributed by atoms with E-state index in [1.807, 2.05) is 0 Å². The van der Waals surface area contributed by atoms with Gasteiger partial charge in [0.25, 0.3) is 0 Å². The molecule has 0 aromatic heterocycles. The highest BCUT2D eigenvalue weighted by Crippen LogP contribution is 2.45. The smallest absolute Gasteiger partial charge is 0.234 e. The average molecular weight is 496 g/mol. The number of dihydropyridines is 1. The molecule has 3 N–H and O–H groups in total. The number of carbonyl (C=O) groups excluding carboxylic acids is 2. The van der Waals surface area contributed by atoms with Gasteiger partial charge in [-0.05, 0) is 48.7 Å². The second-order valence-electron chi connectivity index (χ2n) is 7.86. The van der Waals surface area contributed by atoms with E-state index in [0.29, 0.717) is 51.7 Å². The number of phenolic OH excluding ortho intramolecular Hbond substituents is 1. The van der Waals surface area contributed by atoms with E-state index in [1.54, 1.807) is 36.4 Å². The number of ether oxygens (including phenoxy) is 1. The third-order valence-electron chi connectivity index (χ3n) is 5.66. The number of nitrogens with zero attached hydrogens (tertiary/aromatic N) is 1. The molecule has 1 heterocycles. The lowest BCUT2D eigenvalue weighted by Crippen LogP contribution is -2.31. The van der Waals surface area contributed by atoms with Crippen molar-refractivity contribution in [1.29, 1.82) is 5.26 Å². The summed E-state index contributed by atoms with van der Waals surface area (Å²) in [5, 5.41) is 27.2. The van der Waals surface area contributed by atoms with Gasteiger partial charge >= 0.3 is 0 Å². The number of nitriles is 1. The summed E-state index contributed by atoms with van der Waals surface area (Å²) >= 11 is 7.19. The number of rotatable bonds is 6. The number of Topliss-reactive ketones (excluding diaryl/α,β-unsaturated/α-hetero) is 1. The fraction of sp³-hybridized carbons (Fsp3) is 0.240. The van der Waals surface area contributed by atoms with Crippen molar-refractivity contribution in [2.75, 3.05) is 18.2 Å². The third kappa shape index (κ3) is 4.91. The fourth-order valence-corrected chi connectivity index (χ4v) is 5.20. The minimum absolute atomic E-state index is 0.0127. The SMILES string of the molecule is COc1cc([C@@H]2C(C#N)=C(SCC(=O)Nc3cccc(Cl)c3)NC3=C2C(=O)CCC3)ccc1O. The molecule has 0 bridgehead atoms. The number of nitrogens with one attached hydrogen (secondary N) is 2. The minimum Gasteiger partial charge on any atom is -0.504 e. The predicted octanol–water partition coefficient (Wildman–Crippen LogP) is 4.86. The summed E-state index contributed by atoms with van der Waals surface area (Å²) < 4.78 is 5.25. The van der Waals surface area contributed by atoms with Crippen LogP contribution in [0.1, 0.15) is 30.7 Å². The second-order valence-corrected chi connectivity index (χ2v) is 9.28. The molecule has 1 aliphatic carbocycles. The molecule has 2 aromatic rings. The summed E-state index contributed by atoms with van der Waals surface area (Å²) in [5.41, 5.74) is 2.92. The number of hydrogen-bond donors (Lipinski definition) is 3. The van der Waals surface area contributed by atoms with Crippen LogP contribution in [-0.2, 0) is 9.59 Å². The van der Waals surface area contributed by atoms with Crippen LogP contribution < -0.4 is 15.4 Å². The summed E-state index contributed by atoms with van der Waals surface area (Å²) in [6.07, 6.45) is 1.80. The van der Waals surface area contributed by atoms with Gasteiger partial charge in [0, 0.05) is 28.4 Å². The fourth-order valence-electron chi connectivity index (χ4n) is 4.15. The Bertz CT molecular complexity index is 1270. The van der Waals surface area contributed by atoms with E-state index in [1.165, 1.54) is 24.9 Å². The average Bonchev–Trinajstić information content (AvgIpc) is 2.82. The number of ketones is 1. The molecule has 0 saturated heterocycles. The summed E-state index contributed by atoms with van der Waals surface area (Å²) in [6, 6.07) is 13.9. The molecule has 2 aromatic carbocycles. The van der Waals surface area contributed by atoms with Crippen LogP contribution in [0.25, 0.3) is 0 Å². The molecule has 0 fully saturated rings. The van der Waals surface area contributed by atoms with E-state index in [9.17, 15) is 20.0 Å². The summed E-state index contributed by atoms with van der Waals surface area (Å²) in [4.78, 5) is 25.5. The first kappa shape index (κ1) is 23.7. The summed E-state index contributed by atoms with van der Waals surface area (Å²) in [6.45, 7) is 0. The Morgan fingerprint density at radius 3 is 2.88 bits per heavy atom. The monoisotopic (exact) mass is 495 g/mol. The number of benzene rings is 2. The van der Waals surface area contributed by atoms with Crippen LogP contribution in [0.2, 0.25) is 5.02 Å². The van der Waals surface area contributed by atoms with Crippen LogP contribution in [0.3, 0.4) is 0 Å². The normalized spacial score (nSPS) is 17.6. The number of amides is 1. The largest absolute Gasteiger partial charge is 0.504 e. The van der Waals surface area contributed by atoms with Gasteiger partial charge in [0.15, 0.2) is 17.3 Å². The third-order valence-corrected chi connectivity index (χ3v) is 6.91. The Labute approximate surface area is 206 Å². The van der Waals surface area contributed by atoms with Crippen molar-refractivity contribution in [2.45, 2.75) is 25.2 Å². The van der Waals surface area contributed by atoms with Gasteiger partial charge in [-0.15, -0.1) is 0 Å². The van der Waals surface area contributed by atoms with Crippen molar-refractivity contribution in [3.63, 3.8) is 0 Å². The molecule has 0 radical (unpaired) electrons. The number of carbonyl (C=O) groups is 2. The number of anilines is 1. The Morgan fingerprint density at radius 2 is 2.15 bits per heavy atom. The molecule has 4 rings (SSSR count). The van der Waals surface area contributed by atoms with Gasteiger partial charge in [0.2, 0.25) is 5.91 Å². The van der Waals surface area contributed by atoms with Crippen LogP contribution >= 0.6 is 23.4 Å². The zero-order chi connectivity index (χ0) is 24.2. The quantitative estimate of drug-likeness (QED) is 0.525. The van der Waals surface area contributed by atoms with E-state index >= 15 is 0 Å². The van der Waals surface area contributed by atoms with Crippen molar-refractivity contribution < 1.29 is 19.4 Å². The number of methoxy groups -OCH3 is 1. The highest BCUT2D eigenvalue weighted by atomic mass is 35.5. The van der Waals surface area contributed by atoms with E-state index in [0.717, 1.165) is 5.70 Å². The summed E-state index contributed by atoms with van der Waals surface area (Å²) in [5.74, 6) is -0.583.